The fourth-order valence-electron chi connectivity index (χ4n) is 7.22. The van der Waals surface area contributed by atoms with Gasteiger partial charge in [-0.25, -0.2) is 0 Å². The lowest BCUT2D eigenvalue weighted by molar-refractivity contribution is -0.137. The van der Waals surface area contributed by atoms with Crippen LogP contribution in [0.5, 0.6) is 0 Å². The highest BCUT2D eigenvalue weighted by Crippen LogP contribution is 2.74. The lowest BCUT2D eigenvalue weighted by Crippen LogP contribution is -2.41. The van der Waals surface area contributed by atoms with Gasteiger partial charge in [-0.05, 0) is 67.1 Å². The lowest BCUT2D eigenvalue weighted by atomic mass is 9.59. The third-order valence-electron chi connectivity index (χ3n) is 7.50. The Kier molecular flexibility index (Phi) is 1.69. The van der Waals surface area contributed by atoms with E-state index in [4.69, 9.17) is 4.74 Å². The SMILES string of the molecule is CC1CC2CC1C1C3CC(C21)C1(COC(=O)C1)C3. The van der Waals surface area contributed by atoms with Gasteiger partial charge in [-0.15, -0.1) is 0 Å². The van der Waals surface area contributed by atoms with Gasteiger partial charge in [-0.3, -0.25) is 4.79 Å². The van der Waals surface area contributed by atoms with E-state index in [2.05, 4.69) is 6.92 Å². The second kappa shape index (κ2) is 2.96. The van der Waals surface area contributed by atoms with Crippen molar-refractivity contribution in [1.82, 2.24) is 0 Å². The van der Waals surface area contributed by atoms with Crippen molar-refractivity contribution in [1.29, 1.82) is 0 Å². The minimum absolute atomic E-state index is 0.0793. The molecule has 5 aliphatic rings. The summed E-state index contributed by atoms with van der Waals surface area (Å²) in [6.07, 6.45) is 6.45. The normalized spacial score (nSPS) is 63.8. The van der Waals surface area contributed by atoms with Gasteiger partial charge in [0.25, 0.3) is 0 Å². The summed E-state index contributed by atoms with van der Waals surface area (Å²) in [4.78, 5) is 11.6. The maximum absolute atomic E-state index is 11.6. The molecular weight excluding hydrogens is 224 g/mol. The number of hydrogen-bond donors (Lipinski definition) is 0. The van der Waals surface area contributed by atoms with Gasteiger partial charge >= 0.3 is 5.97 Å². The first kappa shape index (κ1) is 10.3. The first-order valence-electron chi connectivity index (χ1n) is 7.83. The molecule has 2 nitrogen and oxygen atoms in total. The molecule has 5 rings (SSSR count). The van der Waals surface area contributed by atoms with Crippen LogP contribution in [-0.4, -0.2) is 12.6 Å². The van der Waals surface area contributed by atoms with Crippen molar-refractivity contribution in [2.75, 3.05) is 6.61 Å². The third kappa shape index (κ3) is 0.981. The Bertz CT molecular complexity index is 431. The van der Waals surface area contributed by atoms with Gasteiger partial charge in [-0.1, -0.05) is 6.92 Å². The number of esters is 1. The summed E-state index contributed by atoms with van der Waals surface area (Å²) in [6, 6.07) is 0. The average molecular weight is 246 g/mol. The van der Waals surface area contributed by atoms with Gasteiger partial charge in [-0.2, -0.15) is 0 Å². The third-order valence-corrected chi connectivity index (χ3v) is 7.50. The van der Waals surface area contributed by atoms with Gasteiger partial charge in [0.05, 0.1) is 13.0 Å². The van der Waals surface area contributed by atoms with E-state index in [-0.39, 0.29) is 11.4 Å². The highest BCUT2D eigenvalue weighted by Gasteiger charge is 2.69. The zero-order chi connectivity index (χ0) is 12.1. The van der Waals surface area contributed by atoms with Crippen LogP contribution >= 0.6 is 0 Å². The summed E-state index contributed by atoms with van der Waals surface area (Å²) in [7, 11) is 0. The van der Waals surface area contributed by atoms with E-state index in [1.54, 1.807) is 0 Å². The highest BCUT2D eigenvalue weighted by atomic mass is 16.5. The van der Waals surface area contributed by atoms with Crippen LogP contribution in [0.4, 0.5) is 0 Å². The molecule has 0 aromatic heterocycles. The molecule has 0 radical (unpaired) electrons. The first-order chi connectivity index (χ1) is 8.68. The van der Waals surface area contributed by atoms with Crippen LogP contribution in [0, 0.1) is 46.8 Å². The second-order valence-electron chi connectivity index (χ2n) is 8.03. The average Bonchev–Trinajstić information content (AvgIpc) is 3.04. The van der Waals surface area contributed by atoms with Gasteiger partial charge in [0.2, 0.25) is 0 Å². The van der Waals surface area contributed by atoms with E-state index < -0.39 is 0 Å². The summed E-state index contributed by atoms with van der Waals surface area (Å²) < 4.78 is 5.35. The van der Waals surface area contributed by atoms with Crippen molar-refractivity contribution in [3.8, 4) is 0 Å². The summed E-state index contributed by atoms with van der Waals surface area (Å²) in [5.41, 5.74) is 0.288. The van der Waals surface area contributed by atoms with Crippen LogP contribution < -0.4 is 0 Å². The van der Waals surface area contributed by atoms with Gasteiger partial charge in [0.15, 0.2) is 0 Å². The topological polar surface area (TPSA) is 26.3 Å². The molecule has 0 N–H and O–H groups in total. The molecule has 98 valence electrons. The number of ether oxygens (including phenoxy) is 1. The molecule has 0 amide bonds. The molecule has 1 spiro atoms. The number of carbonyl (C=O) groups excluding carboxylic acids is 1. The molecule has 1 saturated heterocycles. The van der Waals surface area contributed by atoms with Crippen LogP contribution in [0.15, 0.2) is 0 Å². The molecule has 0 aromatic rings. The molecule has 8 atom stereocenters. The van der Waals surface area contributed by atoms with E-state index in [9.17, 15) is 4.79 Å². The molecule has 2 heteroatoms. The molecule has 8 unspecified atom stereocenters. The maximum atomic E-state index is 11.6. The Morgan fingerprint density at radius 2 is 2.06 bits per heavy atom. The molecule has 18 heavy (non-hydrogen) atoms. The van der Waals surface area contributed by atoms with Crippen molar-refractivity contribution >= 4 is 5.97 Å². The monoisotopic (exact) mass is 246 g/mol. The van der Waals surface area contributed by atoms with Crippen LogP contribution in [-0.2, 0) is 9.53 Å². The summed E-state index contributed by atoms with van der Waals surface area (Å²) in [5.74, 6) is 6.87. The van der Waals surface area contributed by atoms with Gasteiger partial charge < -0.3 is 4.74 Å². The largest absolute Gasteiger partial charge is 0.465 e. The molecule has 4 saturated carbocycles. The van der Waals surface area contributed by atoms with Crippen molar-refractivity contribution in [3.63, 3.8) is 0 Å². The Morgan fingerprint density at radius 3 is 2.83 bits per heavy atom. The molecule has 0 aromatic carbocycles. The Labute approximate surface area is 108 Å². The van der Waals surface area contributed by atoms with Crippen molar-refractivity contribution < 1.29 is 9.53 Å². The molecule has 4 aliphatic carbocycles. The van der Waals surface area contributed by atoms with Crippen LogP contribution in [0.3, 0.4) is 0 Å². The smallest absolute Gasteiger partial charge is 0.306 e. The summed E-state index contributed by atoms with van der Waals surface area (Å²) in [6.45, 7) is 3.23. The van der Waals surface area contributed by atoms with Crippen molar-refractivity contribution in [3.05, 3.63) is 0 Å². The van der Waals surface area contributed by atoms with Crippen LogP contribution in [0.1, 0.15) is 39.0 Å². The zero-order valence-electron chi connectivity index (χ0n) is 11.1. The standard InChI is InChI=1S/C16H22O2/c1-8-2-9-3-11(8)14-10-4-12(15(9)14)16(5-10)6-13(17)18-7-16/h8-12,14-15H,2-7H2,1H3. The Balaban J connectivity index is 1.52. The van der Waals surface area contributed by atoms with E-state index in [1.165, 1.54) is 25.7 Å². The van der Waals surface area contributed by atoms with E-state index in [1.807, 2.05) is 0 Å². The zero-order valence-corrected chi connectivity index (χ0v) is 11.1. The van der Waals surface area contributed by atoms with Crippen molar-refractivity contribution in [2.45, 2.75) is 39.0 Å². The quantitative estimate of drug-likeness (QED) is 0.485. The molecule has 1 aliphatic heterocycles. The number of carbonyl (C=O) groups is 1. The molecule has 1 heterocycles. The number of cyclic esters (lactones) is 1. The van der Waals surface area contributed by atoms with Gasteiger partial charge in [0, 0.05) is 5.41 Å². The van der Waals surface area contributed by atoms with E-state index in [0.717, 1.165) is 54.5 Å². The minimum Gasteiger partial charge on any atom is -0.465 e. The number of rotatable bonds is 0. The molecular formula is C16H22O2. The molecule has 5 fully saturated rings. The van der Waals surface area contributed by atoms with Gasteiger partial charge in [0.1, 0.15) is 0 Å². The van der Waals surface area contributed by atoms with Crippen LogP contribution in [0.25, 0.3) is 0 Å². The first-order valence-corrected chi connectivity index (χ1v) is 7.83. The minimum atomic E-state index is 0.0793. The second-order valence-corrected chi connectivity index (χ2v) is 8.03. The van der Waals surface area contributed by atoms with E-state index in [0.29, 0.717) is 0 Å². The fraction of sp³-hybridized carbons (Fsp3) is 0.938. The highest BCUT2D eigenvalue weighted by molar-refractivity contribution is 5.72. The van der Waals surface area contributed by atoms with Crippen LogP contribution in [0.2, 0.25) is 0 Å². The molecule has 4 bridgehead atoms. The predicted molar refractivity (Wildman–Crippen MR) is 66.6 cm³/mol. The number of fused-ring (bicyclic) bond motifs is 10. The Hall–Kier alpha value is -0.530. The van der Waals surface area contributed by atoms with E-state index >= 15 is 0 Å². The predicted octanol–water partition coefficient (Wildman–Crippen LogP) is 2.87. The number of hydrogen-bond acceptors (Lipinski definition) is 2. The maximum Gasteiger partial charge on any atom is 0.306 e. The summed E-state index contributed by atoms with van der Waals surface area (Å²) >= 11 is 0. The lowest BCUT2D eigenvalue weighted by Gasteiger charge is -2.44. The Morgan fingerprint density at radius 1 is 1.17 bits per heavy atom. The van der Waals surface area contributed by atoms with Crippen molar-refractivity contribution in [2.24, 2.45) is 46.8 Å². The fourth-order valence-corrected chi connectivity index (χ4v) is 7.22. The summed E-state index contributed by atoms with van der Waals surface area (Å²) in [5, 5.41) is 0.